The molecule has 0 aliphatic carbocycles. The zero-order chi connectivity index (χ0) is 10.7. The van der Waals surface area contributed by atoms with E-state index >= 15 is 0 Å². The molecule has 0 bridgehead atoms. The van der Waals surface area contributed by atoms with Crippen molar-refractivity contribution in [3.05, 3.63) is 0 Å². The van der Waals surface area contributed by atoms with E-state index in [0.29, 0.717) is 6.04 Å². The van der Waals surface area contributed by atoms with Crippen molar-refractivity contribution in [1.29, 1.82) is 0 Å². The molecule has 2 aliphatic rings. The Morgan fingerprint density at radius 2 is 1.80 bits per heavy atom. The number of carbonyl (C=O) groups is 1. The Balaban J connectivity index is 1.88. The van der Waals surface area contributed by atoms with Crippen LogP contribution in [0.15, 0.2) is 0 Å². The molecule has 0 spiro atoms. The molecule has 0 aromatic carbocycles. The molecule has 4 nitrogen and oxygen atoms in total. The number of urea groups is 1. The minimum Gasteiger partial charge on any atom is -0.351 e. The minimum absolute atomic E-state index is 0.253. The summed E-state index contributed by atoms with van der Waals surface area (Å²) in [6, 6.07) is 0.309. The molecule has 0 aromatic rings. The van der Waals surface area contributed by atoms with Gasteiger partial charge in [-0.3, -0.25) is 4.90 Å². The standard InChI is InChI=1S/C11H21N3O/c12-11(15)14-8-4-5-10(9-14)13-6-2-1-3-7-13/h10H,1-9H2,(H2,12,15). The number of nitrogens with two attached hydrogens (primary N) is 1. The normalized spacial score (nSPS) is 29.1. The fourth-order valence-electron chi connectivity index (χ4n) is 2.74. The van der Waals surface area contributed by atoms with Crippen molar-refractivity contribution < 1.29 is 4.79 Å². The van der Waals surface area contributed by atoms with Crippen LogP contribution in [0.3, 0.4) is 0 Å². The van der Waals surface area contributed by atoms with Gasteiger partial charge in [0.1, 0.15) is 0 Å². The van der Waals surface area contributed by atoms with E-state index in [1.165, 1.54) is 38.8 Å². The summed E-state index contributed by atoms with van der Waals surface area (Å²) in [4.78, 5) is 15.4. The largest absolute Gasteiger partial charge is 0.351 e. The average Bonchev–Trinajstić information content (AvgIpc) is 2.30. The highest BCUT2D eigenvalue weighted by Gasteiger charge is 2.27. The summed E-state index contributed by atoms with van der Waals surface area (Å²) >= 11 is 0. The first-order valence-corrected chi connectivity index (χ1v) is 6.06. The van der Waals surface area contributed by atoms with Crippen LogP contribution in [-0.4, -0.2) is 48.1 Å². The number of amides is 2. The van der Waals surface area contributed by atoms with Gasteiger partial charge in [0.2, 0.25) is 0 Å². The maximum Gasteiger partial charge on any atom is 0.314 e. The zero-order valence-electron chi connectivity index (χ0n) is 9.32. The van der Waals surface area contributed by atoms with E-state index in [1.807, 2.05) is 0 Å². The van der Waals surface area contributed by atoms with Crippen LogP contribution in [0.25, 0.3) is 0 Å². The maximum absolute atomic E-state index is 11.1. The molecular weight excluding hydrogens is 190 g/mol. The summed E-state index contributed by atoms with van der Waals surface area (Å²) in [6.07, 6.45) is 6.32. The van der Waals surface area contributed by atoms with E-state index < -0.39 is 0 Å². The van der Waals surface area contributed by atoms with Gasteiger partial charge in [-0.1, -0.05) is 6.42 Å². The van der Waals surface area contributed by atoms with Gasteiger partial charge in [0.25, 0.3) is 0 Å². The number of piperidine rings is 2. The van der Waals surface area contributed by atoms with Crippen molar-refractivity contribution >= 4 is 6.03 Å². The Hall–Kier alpha value is -0.770. The fourth-order valence-corrected chi connectivity index (χ4v) is 2.74. The van der Waals surface area contributed by atoms with Crippen LogP contribution >= 0.6 is 0 Å². The van der Waals surface area contributed by atoms with Crippen LogP contribution in [0.1, 0.15) is 32.1 Å². The van der Waals surface area contributed by atoms with Crippen LogP contribution < -0.4 is 5.73 Å². The van der Waals surface area contributed by atoms with Crippen LogP contribution in [0, 0.1) is 0 Å². The lowest BCUT2D eigenvalue weighted by Gasteiger charge is -2.40. The minimum atomic E-state index is -0.253. The molecule has 0 saturated carbocycles. The van der Waals surface area contributed by atoms with Gasteiger partial charge in [-0.15, -0.1) is 0 Å². The summed E-state index contributed by atoms with van der Waals surface area (Å²) in [5.74, 6) is 0. The molecule has 0 radical (unpaired) electrons. The molecular formula is C11H21N3O. The smallest absolute Gasteiger partial charge is 0.314 e. The van der Waals surface area contributed by atoms with Gasteiger partial charge in [-0.2, -0.15) is 0 Å². The van der Waals surface area contributed by atoms with E-state index in [-0.39, 0.29) is 6.03 Å². The first-order chi connectivity index (χ1) is 7.27. The number of carbonyl (C=O) groups excluding carboxylic acids is 1. The summed E-state index contributed by atoms with van der Waals surface area (Å²) in [5, 5.41) is 0. The molecule has 2 fully saturated rings. The van der Waals surface area contributed by atoms with Gasteiger partial charge in [0, 0.05) is 19.1 Å². The summed E-state index contributed by atoms with van der Waals surface area (Å²) in [7, 11) is 0. The number of hydrogen-bond acceptors (Lipinski definition) is 2. The quantitative estimate of drug-likeness (QED) is 0.704. The molecule has 0 aromatic heterocycles. The molecule has 1 unspecified atom stereocenters. The second-order valence-electron chi connectivity index (χ2n) is 4.68. The molecule has 2 heterocycles. The third-order valence-electron chi connectivity index (χ3n) is 3.62. The van der Waals surface area contributed by atoms with Crippen LogP contribution in [0.2, 0.25) is 0 Å². The van der Waals surface area contributed by atoms with Crippen molar-refractivity contribution in [3.8, 4) is 0 Å². The molecule has 2 rings (SSSR count). The van der Waals surface area contributed by atoms with Crippen molar-refractivity contribution in [2.75, 3.05) is 26.2 Å². The lowest BCUT2D eigenvalue weighted by molar-refractivity contribution is 0.0963. The molecule has 86 valence electrons. The summed E-state index contributed by atoms with van der Waals surface area (Å²) in [5.41, 5.74) is 5.33. The maximum atomic E-state index is 11.1. The van der Waals surface area contributed by atoms with Crippen molar-refractivity contribution in [2.24, 2.45) is 5.73 Å². The first kappa shape index (κ1) is 10.7. The highest BCUT2D eigenvalue weighted by atomic mass is 16.2. The molecule has 2 saturated heterocycles. The van der Waals surface area contributed by atoms with Crippen molar-refractivity contribution in [1.82, 2.24) is 9.80 Å². The fraction of sp³-hybridized carbons (Fsp3) is 0.909. The Morgan fingerprint density at radius 1 is 1.07 bits per heavy atom. The van der Waals surface area contributed by atoms with Crippen LogP contribution in [0.4, 0.5) is 4.79 Å². The van der Waals surface area contributed by atoms with E-state index in [1.54, 1.807) is 4.90 Å². The summed E-state index contributed by atoms with van der Waals surface area (Å²) in [6.45, 7) is 4.10. The van der Waals surface area contributed by atoms with Gasteiger partial charge in [-0.25, -0.2) is 4.79 Å². The second-order valence-corrected chi connectivity index (χ2v) is 4.68. The van der Waals surface area contributed by atoms with E-state index in [9.17, 15) is 4.79 Å². The molecule has 2 N–H and O–H groups in total. The van der Waals surface area contributed by atoms with Crippen molar-refractivity contribution in [3.63, 3.8) is 0 Å². The monoisotopic (exact) mass is 211 g/mol. The number of primary amides is 1. The van der Waals surface area contributed by atoms with E-state index in [2.05, 4.69) is 4.90 Å². The average molecular weight is 211 g/mol. The Kier molecular flexibility index (Phi) is 3.46. The van der Waals surface area contributed by atoms with Crippen LogP contribution in [0.5, 0.6) is 0 Å². The number of nitrogens with zero attached hydrogens (tertiary/aromatic N) is 2. The summed E-state index contributed by atoms with van der Waals surface area (Å²) < 4.78 is 0. The first-order valence-electron chi connectivity index (χ1n) is 6.06. The Labute approximate surface area is 91.4 Å². The SMILES string of the molecule is NC(=O)N1CCCC(N2CCCCC2)C1. The lowest BCUT2D eigenvalue weighted by atomic mass is 10.0. The number of hydrogen-bond donors (Lipinski definition) is 1. The van der Waals surface area contributed by atoms with Gasteiger partial charge in [0.05, 0.1) is 0 Å². The third-order valence-corrected chi connectivity index (χ3v) is 3.62. The van der Waals surface area contributed by atoms with Gasteiger partial charge in [-0.05, 0) is 38.8 Å². The molecule has 2 aliphatic heterocycles. The lowest BCUT2D eigenvalue weighted by Crippen LogP contribution is -2.52. The molecule has 4 heteroatoms. The van der Waals surface area contributed by atoms with Gasteiger partial charge in [0.15, 0.2) is 0 Å². The Bertz CT molecular complexity index is 226. The van der Waals surface area contributed by atoms with Gasteiger partial charge >= 0.3 is 6.03 Å². The Morgan fingerprint density at radius 3 is 2.47 bits per heavy atom. The third kappa shape index (κ3) is 2.62. The van der Waals surface area contributed by atoms with Gasteiger partial charge < -0.3 is 10.6 Å². The van der Waals surface area contributed by atoms with E-state index in [0.717, 1.165) is 19.5 Å². The van der Waals surface area contributed by atoms with E-state index in [4.69, 9.17) is 5.73 Å². The molecule has 1 atom stereocenters. The predicted octanol–water partition coefficient (Wildman–Crippen LogP) is 1.02. The van der Waals surface area contributed by atoms with Crippen molar-refractivity contribution in [2.45, 2.75) is 38.1 Å². The molecule has 2 amide bonds. The number of likely N-dealkylation sites (tertiary alicyclic amines) is 2. The molecule has 15 heavy (non-hydrogen) atoms. The highest BCUT2D eigenvalue weighted by molar-refractivity contribution is 5.72. The topological polar surface area (TPSA) is 49.6 Å². The number of rotatable bonds is 1. The van der Waals surface area contributed by atoms with Crippen LogP contribution in [-0.2, 0) is 0 Å². The predicted molar refractivity (Wildman–Crippen MR) is 59.6 cm³/mol. The second kappa shape index (κ2) is 4.84. The highest BCUT2D eigenvalue weighted by Crippen LogP contribution is 2.19. The zero-order valence-corrected chi connectivity index (χ0v) is 9.32.